The molecule has 7 nitrogen and oxygen atoms in total. The van der Waals surface area contributed by atoms with Crippen molar-refractivity contribution in [3.63, 3.8) is 0 Å². The molecular formula is C19H28N2O5. The molecule has 0 aliphatic carbocycles. The van der Waals surface area contributed by atoms with Crippen LogP contribution in [0.4, 0.5) is 4.79 Å². The number of nitrogens with one attached hydrogen (secondary N) is 1. The number of carbonyl (C=O) groups is 3. The lowest BCUT2D eigenvalue weighted by Gasteiger charge is -2.28. The molecule has 7 heteroatoms. The van der Waals surface area contributed by atoms with Gasteiger partial charge in [0.1, 0.15) is 5.75 Å². The number of aromatic hydroxyl groups is 1. The topological polar surface area (TPSA) is 119 Å². The molecule has 0 saturated heterocycles. The quantitative estimate of drug-likeness (QED) is 0.713. The van der Waals surface area contributed by atoms with Crippen LogP contribution >= 0.6 is 0 Å². The number of nitrogens with two attached hydrogens (primary N) is 1. The minimum Gasteiger partial charge on any atom is -0.507 e. The average molecular weight is 364 g/mol. The van der Waals surface area contributed by atoms with E-state index < -0.39 is 34.8 Å². The highest BCUT2D eigenvalue weighted by molar-refractivity contribution is 5.98. The lowest BCUT2D eigenvalue weighted by atomic mass is 9.78. The van der Waals surface area contributed by atoms with E-state index in [1.54, 1.807) is 12.1 Å². The van der Waals surface area contributed by atoms with Crippen LogP contribution in [0.25, 0.3) is 0 Å². The third-order valence-electron chi connectivity index (χ3n) is 3.86. The summed E-state index contributed by atoms with van der Waals surface area (Å²) < 4.78 is 5.13. The fourth-order valence-corrected chi connectivity index (χ4v) is 2.40. The largest absolute Gasteiger partial charge is 0.507 e. The molecule has 0 aliphatic heterocycles. The van der Waals surface area contributed by atoms with Crippen LogP contribution in [-0.4, -0.2) is 29.1 Å². The fourth-order valence-electron chi connectivity index (χ4n) is 2.40. The third kappa shape index (κ3) is 5.21. The first-order chi connectivity index (χ1) is 11.6. The number of carbonyl (C=O) groups excluding carboxylic acids is 3. The molecule has 26 heavy (non-hydrogen) atoms. The van der Waals surface area contributed by atoms with Gasteiger partial charge in [-0.05, 0) is 29.9 Å². The molecule has 0 saturated carbocycles. The van der Waals surface area contributed by atoms with Crippen LogP contribution in [-0.2, 0) is 20.4 Å². The second-order valence-corrected chi connectivity index (χ2v) is 8.32. The van der Waals surface area contributed by atoms with Gasteiger partial charge in [0.2, 0.25) is 0 Å². The summed E-state index contributed by atoms with van der Waals surface area (Å²) in [7, 11) is 0. The summed E-state index contributed by atoms with van der Waals surface area (Å²) in [4.78, 5) is 35.0. The number of primary amides is 1. The van der Waals surface area contributed by atoms with Crippen molar-refractivity contribution < 1.29 is 24.2 Å². The first-order valence-corrected chi connectivity index (χ1v) is 8.34. The summed E-state index contributed by atoms with van der Waals surface area (Å²) in [6.07, 6.45) is -1.19. The van der Waals surface area contributed by atoms with Gasteiger partial charge in [0, 0.05) is 11.1 Å². The Bertz CT molecular complexity index is 691. The van der Waals surface area contributed by atoms with E-state index in [1.807, 2.05) is 46.9 Å². The van der Waals surface area contributed by atoms with E-state index >= 15 is 0 Å². The Morgan fingerprint density at radius 2 is 1.46 bits per heavy atom. The van der Waals surface area contributed by atoms with Crippen molar-refractivity contribution in [3.05, 3.63) is 28.8 Å². The van der Waals surface area contributed by atoms with Crippen LogP contribution in [0.15, 0.2) is 12.1 Å². The van der Waals surface area contributed by atoms with Gasteiger partial charge in [0.25, 0.3) is 5.91 Å². The normalized spacial score (nSPS) is 13.0. The zero-order chi connectivity index (χ0) is 20.4. The molecule has 0 radical (unpaired) electrons. The number of hydrogen-bond acceptors (Lipinski definition) is 5. The van der Waals surface area contributed by atoms with Gasteiger partial charge in [-0.2, -0.15) is 0 Å². The van der Waals surface area contributed by atoms with Gasteiger partial charge in [0.15, 0.2) is 6.10 Å². The van der Waals surface area contributed by atoms with Crippen molar-refractivity contribution in [2.24, 2.45) is 5.73 Å². The first-order valence-electron chi connectivity index (χ1n) is 8.34. The summed E-state index contributed by atoms with van der Waals surface area (Å²) in [5.74, 6) is -1.40. The van der Waals surface area contributed by atoms with E-state index in [0.29, 0.717) is 11.1 Å². The lowest BCUT2D eigenvalue weighted by molar-refractivity contribution is -0.127. The summed E-state index contributed by atoms with van der Waals surface area (Å²) in [5.41, 5.74) is 5.50. The number of phenols is 1. The smallest absolute Gasteiger partial charge is 0.338 e. The number of benzene rings is 1. The molecule has 1 atom stereocenters. The molecule has 1 aromatic carbocycles. The van der Waals surface area contributed by atoms with Gasteiger partial charge in [-0.25, -0.2) is 9.59 Å². The number of phenolic OH excluding ortho intramolecular Hbond substituents is 1. The van der Waals surface area contributed by atoms with Crippen molar-refractivity contribution in [2.45, 2.75) is 65.4 Å². The van der Waals surface area contributed by atoms with Gasteiger partial charge in [0.05, 0.1) is 5.56 Å². The molecule has 0 spiro atoms. The highest BCUT2D eigenvalue weighted by Crippen LogP contribution is 2.39. The summed E-state index contributed by atoms with van der Waals surface area (Å²) in [6.45, 7) is 12.9. The molecule has 144 valence electrons. The Morgan fingerprint density at radius 1 is 1.04 bits per heavy atom. The summed E-state index contributed by atoms with van der Waals surface area (Å²) in [5, 5.41) is 12.5. The third-order valence-corrected chi connectivity index (χ3v) is 3.86. The monoisotopic (exact) mass is 364 g/mol. The molecule has 4 N–H and O–H groups in total. The Kier molecular flexibility index (Phi) is 6.07. The molecule has 0 aliphatic rings. The molecule has 1 aromatic rings. The van der Waals surface area contributed by atoms with Crippen molar-refractivity contribution in [1.29, 1.82) is 0 Å². The Hall–Kier alpha value is -2.57. The lowest BCUT2D eigenvalue weighted by Crippen LogP contribution is -2.42. The van der Waals surface area contributed by atoms with Crippen molar-refractivity contribution in [3.8, 4) is 5.75 Å². The molecule has 0 heterocycles. The molecule has 0 aromatic heterocycles. The van der Waals surface area contributed by atoms with Gasteiger partial charge in [-0.3, -0.25) is 10.1 Å². The molecule has 0 unspecified atom stereocenters. The van der Waals surface area contributed by atoms with E-state index in [1.165, 1.54) is 6.92 Å². The van der Waals surface area contributed by atoms with E-state index in [2.05, 4.69) is 0 Å². The first kappa shape index (κ1) is 21.5. The van der Waals surface area contributed by atoms with E-state index in [4.69, 9.17) is 10.5 Å². The number of urea groups is 1. The molecular weight excluding hydrogens is 336 g/mol. The van der Waals surface area contributed by atoms with E-state index in [0.717, 1.165) is 0 Å². The zero-order valence-corrected chi connectivity index (χ0v) is 16.4. The Morgan fingerprint density at radius 3 is 1.81 bits per heavy atom. The predicted molar refractivity (Wildman–Crippen MR) is 98.1 cm³/mol. The highest BCUT2D eigenvalue weighted by atomic mass is 16.5. The maximum atomic E-state index is 12.5. The zero-order valence-electron chi connectivity index (χ0n) is 16.4. The fraction of sp³-hybridized carbons (Fsp3) is 0.526. The minimum absolute atomic E-state index is 0.140. The van der Waals surface area contributed by atoms with Crippen LogP contribution in [0, 0.1) is 0 Å². The van der Waals surface area contributed by atoms with E-state index in [-0.39, 0.29) is 11.3 Å². The number of imide groups is 1. The van der Waals surface area contributed by atoms with Crippen LogP contribution in [0.1, 0.15) is 70.0 Å². The molecule has 1 rings (SSSR count). The van der Waals surface area contributed by atoms with Gasteiger partial charge in [-0.15, -0.1) is 0 Å². The number of ether oxygens (including phenoxy) is 1. The number of amides is 3. The van der Waals surface area contributed by atoms with Crippen molar-refractivity contribution in [2.75, 3.05) is 0 Å². The van der Waals surface area contributed by atoms with Gasteiger partial charge >= 0.3 is 12.0 Å². The second kappa shape index (κ2) is 7.35. The molecule has 3 amide bonds. The maximum absolute atomic E-state index is 12.5. The number of esters is 1. The minimum atomic E-state index is -1.19. The van der Waals surface area contributed by atoms with Gasteiger partial charge in [-0.1, -0.05) is 41.5 Å². The molecule has 0 fully saturated rings. The van der Waals surface area contributed by atoms with Crippen LogP contribution in [0.2, 0.25) is 0 Å². The Balaban J connectivity index is 3.29. The van der Waals surface area contributed by atoms with Crippen LogP contribution in [0.5, 0.6) is 5.75 Å². The van der Waals surface area contributed by atoms with Crippen LogP contribution in [0.3, 0.4) is 0 Å². The SMILES string of the molecule is C[C@@H](OC(=O)c1cc(C(C)(C)C)c(O)c(C(C)(C)C)c1)C(=O)NC(N)=O. The van der Waals surface area contributed by atoms with Crippen molar-refractivity contribution in [1.82, 2.24) is 5.32 Å². The number of hydrogen-bond donors (Lipinski definition) is 3. The van der Waals surface area contributed by atoms with Gasteiger partial charge < -0.3 is 15.6 Å². The maximum Gasteiger partial charge on any atom is 0.338 e. The van der Waals surface area contributed by atoms with Crippen molar-refractivity contribution >= 4 is 17.9 Å². The Labute approximate surface area is 153 Å². The average Bonchev–Trinajstić information content (AvgIpc) is 2.43. The highest BCUT2D eigenvalue weighted by Gasteiger charge is 2.29. The number of rotatable bonds is 3. The van der Waals surface area contributed by atoms with Crippen LogP contribution < -0.4 is 11.1 Å². The molecule has 0 bridgehead atoms. The second-order valence-electron chi connectivity index (χ2n) is 8.32. The standard InChI is InChI=1S/C19H28N2O5/c1-10(15(23)21-17(20)25)26-16(24)11-8-12(18(2,3)4)14(22)13(9-11)19(5,6)7/h8-10,22H,1-7H3,(H3,20,21,23,25)/t10-/m1/s1. The summed E-state index contributed by atoms with van der Waals surface area (Å²) >= 11 is 0. The summed E-state index contributed by atoms with van der Waals surface area (Å²) in [6, 6.07) is 2.10. The van der Waals surface area contributed by atoms with E-state index in [9.17, 15) is 19.5 Å². The predicted octanol–water partition coefficient (Wildman–Crippen LogP) is 2.73.